The maximum atomic E-state index is 5.79. The molecule has 1 heterocycles. The number of aromatic nitrogens is 2. The van der Waals surface area contributed by atoms with Gasteiger partial charge in [0, 0.05) is 17.8 Å². The molecule has 108 valence electrons. The van der Waals surface area contributed by atoms with Crippen molar-refractivity contribution >= 4 is 16.7 Å². The molecule has 0 unspecified atom stereocenters. The van der Waals surface area contributed by atoms with Crippen molar-refractivity contribution in [1.82, 2.24) is 9.55 Å². The number of aryl methyl sites for hydroxylation is 2. The molecule has 0 bridgehead atoms. The van der Waals surface area contributed by atoms with Gasteiger partial charge >= 0.3 is 0 Å². The Morgan fingerprint density at radius 1 is 1.05 bits per heavy atom. The van der Waals surface area contributed by atoms with Gasteiger partial charge in [-0.15, -0.1) is 0 Å². The van der Waals surface area contributed by atoms with E-state index in [1.807, 2.05) is 24.3 Å². The Kier molecular flexibility index (Phi) is 3.65. The molecule has 0 radical (unpaired) electrons. The Balaban J connectivity index is 2.20. The summed E-state index contributed by atoms with van der Waals surface area (Å²) in [5.74, 6) is 1.03. The molecular weight excluding hydrogens is 258 g/mol. The van der Waals surface area contributed by atoms with Crippen LogP contribution in [0, 0.1) is 0 Å². The molecular formula is C18H21N3. The molecule has 0 aliphatic carbocycles. The van der Waals surface area contributed by atoms with Crippen molar-refractivity contribution < 1.29 is 0 Å². The quantitative estimate of drug-likeness (QED) is 0.725. The van der Waals surface area contributed by atoms with Crippen molar-refractivity contribution in [3.8, 4) is 11.4 Å². The zero-order valence-electron chi connectivity index (χ0n) is 12.6. The predicted octanol–water partition coefficient (Wildman–Crippen LogP) is 4.26. The highest BCUT2D eigenvalue weighted by molar-refractivity contribution is 5.81. The zero-order valence-corrected chi connectivity index (χ0v) is 12.6. The third-order valence-corrected chi connectivity index (χ3v) is 3.84. The Morgan fingerprint density at radius 3 is 2.48 bits per heavy atom. The number of hydrogen-bond donors (Lipinski definition) is 1. The molecule has 0 fully saturated rings. The van der Waals surface area contributed by atoms with Crippen LogP contribution >= 0.6 is 0 Å². The average Bonchev–Trinajstić information content (AvgIpc) is 2.86. The summed E-state index contributed by atoms with van der Waals surface area (Å²) in [6, 6.07) is 14.5. The number of imidazole rings is 1. The van der Waals surface area contributed by atoms with E-state index in [9.17, 15) is 0 Å². The number of nitrogens with zero attached hydrogens (tertiary/aromatic N) is 2. The summed E-state index contributed by atoms with van der Waals surface area (Å²) >= 11 is 0. The van der Waals surface area contributed by atoms with Crippen molar-refractivity contribution in [2.45, 2.75) is 33.2 Å². The molecule has 3 heteroatoms. The molecule has 0 aliphatic rings. The minimum atomic E-state index is 0.783. The van der Waals surface area contributed by atoms with E-state index in [0.717, 1.165) is 42.0 Å². The summed E-state index contributed by atoms with van der Waals surface area (Å²) < 4.78 is 2.31. The summed E-state index contributed by atoms with van der Waals surface area (Å²) in [6.07, 6.45) is 2.12. The first-order valence-electron chi connectivity index (χ1n) is 7.58. The molecule has 2 aromatic carbocycles. The van der Waals surface area contributed by atoms with Gasteiger partial charge in [-0.1, -0.05) is 19.9 Å². The summed E-state index contributed by atoms with van der Waals surface area (Å²) in [4.78, 5) is 4.86. The second-order valence-electron chi connectivity index (χ2n) is 5.39. The second-order valence-corrected chi connectivity index (χ2v) is 5.39. The smallest absolute Gasteiger partial charge is 0.141 e. The Hall–Kier alpha value is -2.29. The lowest BCUT2D eigenvalue weighted by atomic mass is 10.1. The first-order valence-corrected chi connectivity index (χ1v) is 7.58. The summed E-state index contributed by atoms with van der Waals surface area (Å²) in [5.41, 5.74) is 11.3. The first-order chi connectivity index (χ1) is 10.2. The second kappa shape index (κ2) is 5.60. The van der Waals surface area contributed by atoms with Gasteiger partial charge in [-0.05, 0) is 54.8 Å². The third-order valence-electron chi connectivity index (χ3n) is 3.84. The van der Waals surface area contributed by atoms with Crippen molar-refractivity contribution in [3.05, 3.63) is 48.0 Å². The van der Waals surface area contributed by atoms with E-state index in [1.54, 1.807) is 0 Å². The highest BCUT2D eigenvalue weighted by Gasteiger charge is 2.12. The van der Waals surface area contributed by atoms with Crippen LogP contribution in [0.4, 0.5) is 5.69 Å². The van der Waals surface area contributed by atoms with E-state index in [-0.39, 0.29) is 0 Å². The molecule has 0 spiro atoms. The normalized spacial score (nSPS) is 11.1. The predicted molar refractivity (Wildman–Crippen MR) is 89.3 cm³/mol. The maximum Gasteiger partial charge on any atom is 0.141 e. The Labute approximate surface area is 125 Å². The van der Waals surface area contributed by atoms with E-state index in [4.69, 9.17) is 10.7 Å². The van der Waals surface area contributed by atoms with Gasteiger partial charge in [0.15, 0.2) is 0 Å². The fourth-order valence-electron chi connectivity index (χ4n) is 2.70. The molecule has 0 saturated carbocycles. The molecule has 0 aliphatic heterocycles. The largest absolute Gasteiger partial charge is 0.399 e. The van der Waals surface area contributed by atoms with E-state index < -0.39 is 0 Å². The number of benzene rings is 2. The van der Waals surface area contributed by atoms with Crippen molar-refractivity contribution in [2.75, 3.05) is 5.73 Å². The van der Waals surface area contributed by atoms with Gasteiger partial charge in [0.1, 0.15) is 5.82 Å². The van der Waals surface area contributed by atoms with Gasteiger partial charge < -0.3 is 10.3 Å². The van der Waals surface area contributed by atoms with Crippen LogP contribution < -0.4 is 5.73 Å². The highest BCUT2D eigenvalue weighted by Crippen LogP contribution is 2.26. The Morgan fingerprint density at radius 2 is 1.81 bits per heavy atom. The first kappa shape index (κ1) is 13.7. The molecule has 1 aromatic heterocycles. The highest BCUT2D eigenvalue weighted by atomic mass is 15.1. The minimum Gasteiger partial charge on any atom is -0.399 e. The lowest BCUT2D eigenvalue weighted by Crippen LogP contribution is -1.99. The topological polar surface area (TPSA) is 43.8 Å². The average molecular weight is 279 g/mol. The maximum absolute atomic E-state index is 5.79. The van der Waals surface area contributed by atoms with Gasteiger partial charge in [-0.2, -0.15) is 0 Å². The number of nitrogen functional groups attached to an aromatic ring is 1. The van der Waals surface area contributed by atoms with Gasteiger partial charge in [0.2, 0.25) is 0 Å². The van der Waals surface area contributed by atoms with Crippen LogP contribution in [0.15, 0.2) is 42.5 Å². The fourth-order valence-corrected chi connectivity index (χ4v) is 2.70. The number of anilines is 1. The lowest BCUT2D eigenvalue weighted by molar-refractivity contribution is 0.704. The van der Waals surface area contributed by atoms with Gasteiger partial charge in [-0.3, -0.25) is 0 Å². The van der Waals surface area contributed by atoms with Crippen LogP contribution in [-0.4, -0.2) is 9.55 Å². The minimum absolute atomic E-state index is 0.783. The number of hydrogen-bond acceptors (Lipinski definition) is 2. The molecule has 3 aromatic rings. The number of rotatable bonds is 4. The van der Waals surface area contributed by atoms with Crippen LogP contribution in [0.5, 0.6) is 0 Å². The van der Waals surface area contributed by atoms with Crippen molar-refractivity contribution in [3.63, 3.8) is 0 Å². The van der Waals surface area contributed by atoms with Crippen molar-refractivity contribution in [2.24, 2.45) is 0 Å². The summed E-state index contributed by atoms with van der Waals surface area (Å²) in [7, 11) is 0. The monoisotopic (exact) mass is 279 g/mol. The van der Waals surface area contributed by atoms with Crippen LogP contribution in [0.2, 0.25) is 0 Å². The summed E-state index contributed by atoms with van der Waals surface area (Å²) in [6.45, 7) is 5.34. The van der Waals surface area contributed by atoms with Gasteiger partial charge in [0.25, 0.3) is 0 Å². The standard InChI is InChI=1S/C18H21N3/c1-3-11-21-17-10-5-13(4-2)12-16(17)20-18(21)14-6-8-15(19)9-7-14/h5-10,12H,3-4,11,19H2,1-2H3. The number of fused-ring (bicyclic) bond motifs is 1. The van der Waals surface area contributed by atoms with Crippen molar-refractivity contribution in [1.29, 1.82) is 0 Å². The van der Waals surface area contributed by atoms with E-state index in [0.29, 0.717) is 0 Å². The van der Waals surface area contributed by atoms with E-state index >= 15 is 0 Å². The number of nitrogens with two attached hydrogens (primary N) is 1. The zero-order chi connectivity index (χ0) is 14.8. The molecule has 3 nitrogen and oxygen atoms in total. The molecule has 3 rings (SSSR count). The van der Waals surface area contributed by atoms with E-state index in [2.05, 4.69) is 36.6 Å². The van der Waals surface area contributed by atoms with Gasteiger partial charge in [0.05, 0.1) is 11.0 Å². The van der Waals surface area contributed by atoms with E-state index in [1.165, 1.54) is 11.1 Å². The molecule has 2 N–H and O–H groups in total. The van der Waals surface area contributed by atoms with Crippen LogP contribution in [0.3, 0.4) is 0 Å². The molecule has 0 saturated heterocycles. The van der Waals surface area contributed by atoms with Crippen LogP contribution in [0.25, 0.3) is 22.4 Å². The molecule has 0 amide bonds. The molecule has 0 atom stereocenters. The lowest BCUT2D eigenvalue weighted by Gasteiger charge is -2.08. The van der Waals surface area contributed by atoms with Crippen LogP contribution in [-0.2, 0) is 13.0 Å². The fraction of sp³-hybridized carbons (Fsp3) is 0.278. The Bertz CT molecular complexity index is 754. The SMILES string of the molecule is CCCn1c(-c2ccc(N)cc2)nc2cc(CC)ccc21. The third kappa shape index (κ3) is 2.51. The van der Waals surface area contributed by atoms with Gasteiger partial charge in [-0.25, -0.2) is 4.98 Å². The van der Waals surface area contributed by atoms with Crippen LogP contribution in [0.1, 0.15) is 25.8 Å². The summed E-state index contributed by atoms with van der Waals surface area (Å²) in [5, 5.41) is 0. The molecule has 21 heavy (non-hydrogen) atoms.